The lowest BCUT2D eigenvalue weighted by molar-refractivity contribution is 0.562. The normalized spacial score (nSPS) is 16.0. The maximum absolute atomic E-state index is 4.72. The average Bonchev–Trinajstić information content (AvgIpc) is 3.08. The molecular weight excluding hydrogens is 210 g/mol. The summed E-state index contributed by atoms with van der Waals surface area (Å²) in [6, 6.07) is 2.10. The van der Waals surface area contributed by atoms with E-state index in [0.29, 0.717) is 5.92 Å². The van der Waals surface area contributed by atoms with E-state index in [-0.39, 0.29) is 5.41 Å². The van der Waals surface area contributed by atoms with Crippen molar-refractivity contribution in [2.75, 3.05) is 11.9 Å². The summed E-state index contributed by atoms with van der Waals surface area (Å²) in [5, 5.41) is 3.38. The first-order valence-corrected chi connectivity index (χ1v) is 6.64. The highest BCUT2D eigenvalue weighted by Gasteiger charge is 2.28. The molecule has 0 spiro atoms. The largest absolute Gasteiger partial charge is 0.370 e. The van der Waals surface area contributed by atoms with Gasteiger partial charge in [-0.1, -0.05) is 27.7 Å². The molecule has 0 saturated heterocycles. The molecule has 0 unspecified atom stereocenters. The Hall–Kier alpha value is -1.12. The van der Waals surface area contributed by atoms with Crippen LogP contribution in [0.3, 0.4) is 0 Å². The van der Waals surface area contributed by atoms with Crippen molar-refractivity contribution in [2.24, 2.45) is 0 Å². The Bertz CT molecular complexity index is 389. The van der Waals surface area contributed by atoms with Crippen LogP contribution in [0.5, 0.6) is 0 Å². The molecule has 2 rings (SSSR count). The molecular formula is C14H23N3. The first kappa shape index (κ1) is 12.3. The standard InChI is InChI=1S/C14H23N3/c1-5-8-15-12-9-11(14(2,3)4)16-13(17-12)10-6-7-10/h9-10H,5-8H2,1-4H3,(H,15,16,17). The third kappa shape index (κ3) is 3.18. The van der Waals surface area contributed by atoms with Crippen LogP contribution in [-0.4, -0.2) is 16.5 Å². The van der Waals surface area contributed by atoms with Gasteiger partial charge in [0, 0.05) is 23.9 Å². The highest BCUT2D eigenvalue weighted by Crippen LogP contribution is 2.39. The second-order valence-electron chi connectivity index (χ2n) is 5.95. The molecule has 1 N–H and O–H groups in total. The number of anilines is 1. The van der Waals surface area contributed by atoms with Gasteiger partial charge in [-0.25, -0.2) is 9.97 Å². The molecule has 0 aliphatic heterocycles. The lowest BCUT2D eigenvalue weighted by atomic mass is 9.92. The van der Waals surface area contributed by atoms with Crippen molar-refractivity contribution in [1.29, 1.82) is 0 Å². The van der Waals surface area contributed by atoms with Crippen LogP contribution in [0.4, 0.5) is 5.82 Å². The van der Waals surface area contributed by atoms with E-state index < -0.39 is 0 Å². The highest BCUT2D eigenvalue weighted by atomic mass is 15.0. The fraction of sp³-hybridized carbons (Fsp3) is 0.714. The van der Waals surface area contributed by atoms with Gasteiger partial charge in [-0.3, -0.25) is 0 Å². The van der Waals surface area contributed by atoms with Gasteiger partial charge < -0.3 is 5.32 Å². The molecule has 3 heteroatoms. The number of nitrogens with one attached hydrogen (secondary N) is 1. The van der Waals surface area contributed by atoms with Gasteiger partial charge in [-0.2, -0.15) is 0 Å². The summed E-state index contributed by atoms with van der Waals surface area (Å²) >= 11 is 0. The molecule has 94 valence electrons. The smallest absolute Gasteiger partial charge is 0.134 e. The van der Waals surface area contributed by atoms with Gasteiger partial charge in [0.25, 0.3) is 0 Å². The molecule has 1 fully saturated rings. The Kier molecular flexibility index (Phi) is 3.36. The second-order valence-corrected chi connectivity index (χ2v) is 5.95. The summed E-state index contributed by atoms with van der Waals surface area (Å²) in [4.78, 5) is 9.35. The third-order valence-electron chi connectivity index (χ3n) is 3.01. The Labute approximate surface area is 104 Å². The van der Waals surface area contributed by atoms with Crippen molar-refractivity contribution in [3.05, 3.63) is 17.6 Å². The lowest BCUT2D eigenvalue weighted by Gasteiger charge is -2.19. The average molecular weight is 233 g/mol. The van der Waals surface area contributed by atoms with Crippen molar-refractivity contribution in [3.8, 4) is 0 Å². The van der Waals surface area contributed by atoms with Crippen molar-refractivity contribution in [2.45, 2.75) is 58.3 Å². The zero-order valence-electron chi connectivity index (χ0n) is 11.4. The van der Waals surface area contributed by atoms with E-state index in [1.807, 2.05) is 0 Å². The Morgan fingerprint density at radius 3 is 2.53 bits per heavy atom. The minimum atomic E-state index is 0.0925. The zero-order chi connectivity index (χ0) is 12.5. The maximum Gasteiger partial charge on any atom is 0.134 e. The first-order chi connectivity index (χ1) is 8.00. The van der Waals surface area contributed by atoms with E-state index in [9.17, 15) is 0 Å². The summed E-state index contributed by atoms with van der Waals surface area (Å²) in [6.07, 6.45) is 3.62. The minimum Gasteiger partial charge on any atom is -0.370 e. The predicted octanol–water partition coefficient (Wildman–Crippen LogP) is 3.47. The van der Waals surface area contributed by atoms with E-state index >= 15 is 0 Å². The molecule has 17 heavy (non-hydrogen) atoms. The van der Waals surface area contributed by atoms with Crippen LogP contribution in [0.1, 0.15) is 64.4 Å². The van der Waals surface area contributed by atoms with Crippen LogP contribution >= 0.6 is 0 Å². The van der Waals surface area contributed by atoms with Gasteiger partial charge in [-0.05, 0) is 19.3 Å². The fourth-order valence-corrected chi connectivity index (χ4v) is 1.72. The first-order valence-electron chi connectivity index (χ1n) is 6.64. The zero-order valence-corrected chi connectivity index (χ0v) is 11.4. The number of hydrogen-bond donors (Lipinski definition) is 1. The molecule has 0 bridgehead atoms. The fourth-order valence-electron chi connectivity index (χ4n) is 1.72. The Morgan fingerprint density at radius 1 is 1.29 bits per heavy atom. The number of nitrogens with zero attached hydrogens (tertiary/aromatic N) is 2. The van der Waals surface area contributed by atoms with Crippen LogP contribution in [0.15, 0.2) is 6.07 Å². The van der Waals surface area contributed by atoms with E-state index in [2.05, 4.69) is 44.1 Å². The summed E-state index contributed by atoms with van der Waals surface area (Å²) in [6.45, 7) is 9.76. The summed E-state index contributed by atoms with van der Waals surface area (Å²) in [5.41, 5.74) is 1.24. The molecule has 0 radical (unpaired) electrons. The number of hydrogen-bond acceptors (Lipinski definition) is 3. The van der Waals surface area contributed by atoms with Gasteiger partial charge in [0.05, 0.1) is 5.69 Å². The van der Waals surface area contributed by atoms with Crippen LogP contribution in [0.25, 0.3) is 0 Å². The van der Waals surface area contributed by atoms with E-state index in [4.69, 9.17) is 4.98 Å². The van der Waals surface area contributed by atoms with E-state index in [1.165, 1.54) is 12.8 Å². The molecule has 0 aromatic carbocycles. The molecule has 1 aliphatic rings. The second kappa shape index (κ2) is 4.63. The summed E-state index contributed by atoms with van der Waals surface area (Å²) in [7, 11) is 0. The van der Waals surface area contributed by atoms with E-state index in [0.717, 1.165) is 30.3 Å². The maximum atomic E-state index is 4.72. The molecule has 1 aliphatic carbocycles. The topological polar surface area (TPSA) is 37.8 Å². The third-order valence-corrected chi connectivity index (χ3v) is 3.01. The Morgan fingerprint density at radius 2 is 2.00 bits per heavy atom. The molecule has 3 nitrogen and oxygen atoms in total. The number of rotatable bonds is 4. The van der Waals surface area contributed by atoms with E-state index in [1.54, 1.807) is 0 Å². The SMILES string of the molecule is CCCNc1cc(C(C)(C)C)nc(C2CC2)n1. The number of aromatic nitrogens is 2. The van der Waals surface area contributed by atoms with Crippen molar-refractivity contribution >= 4 is 5.82 Å². The summed E-state index contributed by atoms with van der Waals surface area (Å²) in [5.74, 6) is 2.64. The molecule has 0 amide bonds. The molecule has 1 heterocycles. The van der Waals surface area contributed by atoms with Crippen molar-refractivity contribution < 1.29 is 0 Å². The molecule has 1 aromatic heterocycles. The van der Waals surface area contributed by atoms with Gasteiger partial charge in [0.1, 0.15) is 11.6 Å². The van der Waals surface area contributed by atoms with Crippen molar-refractivity contribution in [3.63, 3.8) is 0 Å². The Balaban J connectivity index is 2.28. The van der Waals surface area contributed by atoms with Crippen LogP contribution in [0.2, 0.25) is 0 Å². The van der Waals surface area contributed by atoms with Gasteiger partial charge in [-0.15, -0.1) is 0 Å². The van der Waals surface area contributed by atoms with Gasteiger partial charge >= 0.3 is 0 Å². The predicted molar refractivity (Wildman–Crippen MR) is 71.5 cm³/mol. The van der Waals surface area contributed by atoms with Crippen LogP contribution < -0.4 is 5.32 Å². The molecule has 1 aromatic rings. The summed E-state index contributed by atoms with van der Waals surface area (Å²) < 4.78 is 0. The van der Waals surface area contributed by atoms with Crippen molar-refractivity contribution in [1.82, 2.24) is 9.97 Å². The minimum absolute atomic E-state index is 0.0925. The van der Waals surface area contributed by atoms with Crippen LogP contribution in [0, 0.1) is 0 Å². The molecule has 1 saturated carbocycles. The van der Waals surface area contributed by atoms with Gasteiger partial charge in [0.2, 0.25) is 0 Å². The monoisotopic (exact) mass is 233 g/mol. The van der Waals surface area contributed by atoms with Gasteiger partial charge in [0.15, 0.2) is 0 Å². The molecule has 0 atom stereocenters. The lowest BCUT2D eigenvalue weighted by Crippen LogP contribution is -2.16. The highest BCUT2D eigenvalue weighted by molar-refractivity contribution is 5.38. The van der Waals surface area contributed by atoms with Crippen LogP contribution in [-0.2, 0) is 5.41 Å². The quantitative estimate of drug-likeness (QED) is 0.865.